The topological polar surface area (TPSA) is 43.1 Å². The van der Waals surface area contributed by atoms with Crippen molar-refractivity contribution in [3.63, 3.8) is 0 Å². The monoisotopic (exact) mass is 199 g/mol. The molecule has 0 aliphatic heterocycles. The van der Waals surface area contributed by atoms with Crippen LogP contribution in [0.3, 0.4) is 0 Å². The third-order valence-electron chi connectivity index (χ3n) is 3.16. The van der Waals surface area contributed by atoms with Gasteiger partial charge in [0.05, 0.1) is 19.6 Å². The molecule has 0 saturated carbocycles. The van der Waals surface area contributed by atoms with E-state index in [1.54, 1.807) is 0 Å². The highest BCUT2D eigenvalue weighted by Gasteiger charge is 2.26. The average Bonchev–Trinajstić information content (AvgIpc) is 2.24. The number of nitrogens with two attached hydrogens (primary N) is 1. The zero-order chi connectivity index (χ0) is 11.2. The molecular weight excluding hydrogens is 176 g/mol. The van der Waals surface area contributed by atoms with Crippen LogP contribution in [-0.2, 0) is 4.79 Å². The quantitative estimate of drug-likeness (QED) is 0.490. The Labute approximate surface area is 87.2 Å². The average molecular weight is 199 g/mol. The number of hydrogen-bond donors (Lipinski definition) is 1. The van der Waals surface area contributed by atoms with E-state index in [0.717, 1.165) is 24.1 Å². The first-order valence-electron chi connectivity index (χ1n) is 5.32. The van der Waals surface area contributed by atoms with E-state index in [2.05, 4.69) is 27.4 Å². The van der Waals surface area contributed by atoms with Gasteiger partial charge < -0.3 is 10.2 Å². The number of likely N-dealkylation sites (N-methyl/N-ethyl adjacent to an activating group) is 1. The molecule has 0 heterocycles. The Balaban J connectivity index is 4.43. The molecule has 0 aromatic rings. The molecule has 0 aliphatic rings. The molecule has 1 unspecified atom stereocenters. The second-order valence-corrected chi connectivity index (χ2v) is 3.69. The standard InChI is InChI=1S/C11H23N2O/c1-5-11(14)10(12)9-13(6-2,7-3)8-4/h5,10H,1,6-9,12H2,2-4H3/q+1. The molecule has 0 aliphatic carbocycles. The second kappa shape index (κ2) is 5.94. The maximum atomic E-state index is 11.3. The molecule has 0 aromatic heterocycles. The lowest BCUT2D eigenvalue weighted by atomic mass is 10.1. The molecule has 0 saturated heterocycles. The third kappa shape index (κ3) is 3.24. The molecule has 3 heteroatoms. The molecule has 0 aromatic carbocycles. The SMILES string of the molecule is C=CC(=O)C(N)C[N+](CC)(CC)CC. The van der Waals surface area contributed by atoms with Crippen molar-refractivity contribution < 1.29 is 9.28 Å². The fraction of sp³-hybridized carbons (Fsp3) is 0.727. The van der Waals surface area contributed by atoms with Gasteiger partial charge in [-0.25, -0.2) is 0 Å². The Bertz CT molecular complexity index is 189. The highest BCUT2D eigenvalue weighted by molar-refractivity contribution is 5.93. The number of nitrogens with zero attached hydrogens (tertiary/aromatic N) is 1. The molecule has 3 nitrogen and oxygen atoms in total. The second-order valence-electron chi connectivity index (χ2n) is 3.69. The van der Waals surface area contributed by atoms with Crippen LogP contribution in [0.5, 0.6) is 0 Å². The predicted octanol–water partition coefficient (Wildman–Crippen LogP) is 0.945. The van der Waals surface area contributed by atoms with Gasteiger partial charge >= 0.3 is 0 Å². The first kappa shape index (κ1) is 13.3. The van der Waals surface area contributed by atoms with Crippen LogP contribution in [0.15, 0.2) is 12.7 Å². The van der Waals surface area contributed by atoms with Gasteiger partial charge in [0.2, 0.25) is 0 Å². The van der Waals surface area contributed by atoms with Crippen LogP contribution >= 0.6 is 0 Å². The fourth-order valence-electron chi connectivity index (χ4n) is 1.72. The number of carbonyl (C=O) groups excluding carboxylic acids is 1. The first-order valence-corrected chi connectivity index (χ1v) is 5.32. The van der Waals surface area contributed by atoms with Crippen molar-refractivity contribution in [2.24, 2.45) is 5.73 Å². The Morgan fingerprint density at radius 3 is 2.07 bits per heavy atom. The van der Waals surface area contributed by atoms with Crippen molar-refractivity contribution in [1.82, 2.24) is 0 Å². The maximum absolute atomic E-state index is 11.3. The number of rotatable bonds is 7. The van der Waals surface area contributed by atoms with Crippen molar-refractivity contribution >= 4 is 5.78 Å². The van der Waals surface area contributed by atoms with Crippen molar-refractivity contribution in [1.29, 1.82) is 0 Å². The molecule has 0 bridgehead atoms. The first-order chi connectivity index (χ1) is 6.55. The van der Waals surface area contributed by atoms with Crippen LogP contribution in [0.1, 0.15) is 20.8 Å². The van der Waals surface area contributed by atoms with Gasteiger partial charge in [0, 0.05) is 0 Å². The van der Waals surface area contributed by atoms with Crippen LogP contribution in [-0.4, -0.2) is 42.5 Å². The minimum atomic E-state index is -0.396. The smallest absolute Gasteiger partial charge is 0.177 e. The van der Waals surface area contributed by atoms with Crippen LogP contribution in [0.2, 0.25) is 0 Å². The maximum Gasteiger partial charge on any atom is 0.177 e. The summed E-state index contributed by atoms with van der Waals surface area (Å²) in [6, 6.07) is -0.396. The lowest BCUT2D eigenvalue weighted by Gasteiger charge is -2.37. The van der Waals surface area contributed by atoms with Gasteiger partial charge in [0.25, 0.3) is 0 Å². The van der Waals surface area contributed by atoms with Crippen molar-refractivity contribution in [3.8, 4) is 0 Å². The molecule has 14 heavy (non-hydrogen) atoms. The van der Waals surface area contributed by atoms with E-state index in [-0.39, 0.29) is 5.78 Å². The van der Waals surface area contributed by atoms with Gasteiger partial charge in [0.1, 0.15) is 12.6 Å². The van der Waals surface area contributed by atoms with Crippen LogP contribution in [0.25, 0.3) is 0 Å². The van der Waals surface area contributed by atoms with Gasteiger partial charge in [-0.05, 0) is 26.8 Å². The number of carbonyl (C=O) groups is 1. The highest BCUT2D eigenvalue weighted by atomic mass is 16.1. The highest BCUT2D eigenvalue weighted by Crippen LogP contribution is 2.07. The van der Waals surface area contributed by atoms with Gasteiger partial charge in [-0.3, -0.25) is 4.79 Å². The van der Waals surface area contributed by atoms with E-state index in [4.69, 9.17) is 5.73 Å². The Morgan fingerprint density at radius 1 is 1.36 bits per heavy atom. The Morgan fingerprint density at radius 2 is 1.79 bits per heavy atom. The van der Waals surface area contributed by atoms with E-state index in [0.29, 0.717) is 6.54 Å². The summed E-state index contributed by atoms with van der Waals surface area (Å²) in [5.41, 5.74) is 5.80. The number of hydrogen-bond acceptors (Lipinski definition) is 2. The van der Waals surface area contributed by atoms with Crippen LogP contribution in [0, 0.1) is 0 Å². The van der Waals surface area contributed by atoms with Gasteiger partial charge in [0.15, 0.2) is 5.78 Å². The molecular formula is C11H23N2O+. The van der Waals surface area contributed by atoms with Crippen molar-refractivity contribution in [2.45, 2.75) is 26.8 Å². The molecule has 0 rings (SSSR count). The molecule has 0 radical (unpaired) electrons. The summed E-state index contributed by atoms with van der Waals surface area (Å²) < 4.78 is 0.904. The normalized spacial score (nSPS) is 13.7. The minimum absolute atomic E-state index is 0.0529. The molecule has 82 valence electrons. The van der Waals surface area contributed by atoms with Crippen molar-refractivity contribution in [3.05, 3.63) is 12.7 Å². The fourth-order valence-corrected chi connectivity index (χ4v) is 1.72. The summed E-state index contributed by atoms with van der Waals surface area (Å²) >= 11 is 0. The van der Waals surface area contributed by atoms with E-state index in [1.807, 2.05) is 0 Å². The minimum Gasteiger partial charge on any atom is -0.323 e. The van der Waals surface area contributed by atoms with Crippen molar-refractivity contribution in [2.75, 3.05) is 26.2 Å². The van der Waals surface area contributed by atoms with Gasteiger partial charge in [-0.1, -0.05) is 6.58 Å². The summed E-state index contributed by atoms with van der Waals surface area (Å²) in [7, 11) is 0. The van der Waals surface area contributed by atoms with E-state index in [9.17, 15) is 4.79 Å². The van der Waals surface area contributed by atoms with Gasteiger partial charge in [-0.2, -0.15) is 0 Å². The molecule has 0 fully saturated rings. The summed E-state index contributed by atoms with van der Waals surface area (Å²) in [6.07, 6.45) is 1.32. The Kier molecular flexibility index (Phi) is 5.65. The number of ketones is 1. The van der Waals surface area contributed by atoms with Crippen LogP contribution in [0.4, 0.5) is 0 Å². The molecule has 2 N–H and O–H groups in total. The van der Waals surface area contributed by atoms with E-state index in [1.165, 1.54) is 6.08 Å². The largest absolute Gasteiger partial charge is 0.323 e. The third-order valence-corrected chi connectivity index (χ3v) is 3.16. The van der Waals surface area contributed by atoms with Gasteiger partial charge in [-0.15, -0.1) is 0 Å². The molecule has 0 spiro atoms. The summed E-state index contributed by atoms with van der Waals surface area (Å²) in [5, 5.41) is 0. The van der Waals surface area contributed by atoms with E-state index >= 15 is 0 Å². The lowest BCUT2D eigenvalue weighted by molar-refractivity contribution is -0.923. The zero-order valence-corrected chi connectivity index (χ0v) is 9.62. The number of quaternary nitrogens is 1. The summed E-state index contributed by atoms with van der Waals surface area (Å²) in [5.74, 6) is -0.0529. The van der Waals surface area contributed by atoms with E-state index < -0.39 is 6.04 Å². The van der Waals surface area contributed by atoms with Crippen LogP contribution < -0.4 is 5.73 Å². The Hall–Kier alpha value is -0.670. The zero-order valence-electron chi connectivity index (χ0n) is 9.62. The lowest BCUT2D eigenvalue weighted by Crippen LogP contribution is -2.55. The summed E-state index contributed by atoms with van der Waals surface area (Å²) in [4.78, 5) is 11.3. The summed E-state index contributed by atoms with van der Waals surface area (Å²) in [6.45, 7) is 13.6. The predicted molar refractivity (Wildman–Crippen MR) is 59.9 cm³/mol. The molecule has 0 amide bonds. The molecule has 1 atom stereocenters.